The lowest BCUT2D eigenvalue weighted by molar-refractivity contribution is 0.305. The summed E-state index contributed by atoms with van der Waals surface area (Å²) in [7, 11) is 0. The van der Waals surface area contributed by atoms with E-state index in [-0.39, 0.29) is 6.04 Å². The molecule has 1 aromatic heterocycles. The van der Waals surface area contributed by atoms with Crippen molar-refractivity contribution in [2.45, 2.75) is 33.4 Å². The largest absolute Gasteiger partial charge is 0.488 e. The molecule has 0 spiro atoms. The van der Waals surface area contributed by atoms with Crippen LogP contribution in [0.4, 0.5) is 0 Å². The molecule has 0 fully saturated rings. The molecule has 24 heavy (non-hydrogen) atoms. The van der Waals surface area contributed by atoms with Crippen molar-refractivity contribution in [2.24, 2.45) is 5.73 Å². The molecule has 0 amide bonds. The number of hydrogen-bond donors (Lipinski definition) is 1. The minimum atomic E-state index is -0.0525. The van der Waals surface area contributed by atoms with Crippen molar-refractivity contribution in [1.29, 1.82) is 0 Å². The first kappa shape index (κ1) is 16.7. The molecule has 0 saturated carbocycles. The maximum Gasteiger partial charge on any atom is 0.132 e. The highest BCUT2D eigenvalue weighted by Crippen LogP contribution is 2.36. The molecule has 3 rings (SSSR count). The predicted octanol–water partition coefficient (Wildman–Crippen LogP) is 5.03. The van der Waals surface area contributed by atoms with Gasteiger partial charge in [-0.2, -0.15) is 0 Å². The summed E-state index contributed by atoms with van der Waals surface area (Å²) in [5, 5.41) is 3.00. The molecule has 1 unspecified atom stereocenters. The molecule has 0 aliphatic rings. The summed E-state index contributed by atoms with van der Waals surface area (Å²) >= 11 is 1.60. The smallest absolute Gasteiger partial charge is 0.132 e. The Bertz CT molecular complexity index is 825. The van der Waals surface area contributed by atoms with Crippen molar-refractivity contribution in [2.75, 3.05) is 0 Å². The quantitative estimate of drug-likeness (QED) is 0.710. The number of thiazole rings is 1. The molecule has 1 atom stereocenters. The van der Waals surface area contributed by atoms with Gasteiger partial charge in [0.1, 0.15) is 17.4 Å². The SMILES string of the molecule is Cc1cc(C)c(OCc2ccccc2)c(-c2csc(C(C)N)n2)c1. The van der Waals surface area contributed by atoms with Gasteiger partial charge in [0, 0.05) is 10.9 Å². The molecular formula is C20H22N2OS. The number of ether oxygens (including phenoxy) is 1. The Morgan fingerprint density at radius 3 is 2.58 bits per heavy atom. The third kappa shape index (κ3) is 3.66. The van der Waals surface area contributed by atoms with E-state index in [1.165, 1.54) is 5.56 Å². The topological polar surface area (TPSA) is 48.1 Å². The zero-order valence-corrected chi connectivity index (χ0v) is 15.1. The van der Waals surface area contributed by atoms with Gasteiger partial charge in [-0.1, -0.05) is 36.4 Å². The Balaban J connectivity index is 1.95. The van der Waals surface area contributed by atoms with E-state index in [0.29, 0.717) is 6.61 Å². The van der Waals surface area contributed by atoms with Crippen LogP contribution in [0, 0.1) is 13.8 Å². The van der Waals surface area contributed by atoms with Crippen molar-refractivity contribution < 1.29 is 4.74 Å². The van der Waals surface area contributed by atoms with Crippen LogP contribution >= 0.6 is 11.3 Å². The second-order valence-corrected chi connectivity index (χ2v) is 6.98. The second kappa shape index (κ2) is 7.16. The Kier molecular flexibility index (Phi) is 4.97. The van der Waals surface area contributed by atoms with Gasteiger partial charge in [0.2, 0.25) is 0 Å². The second-order valence-electron chi connectivity index (χ2n) is 6.09. The standard InChI is InChI=1S/C20H22N2OS/c1-13-9-14(2)19(23-11-16-7-5-4-6-8-16)17(10-13)18-12-24-20(22-18)15(3)21/h4-10,12,15H,11,21H2,1-3H3. The van der Waals surface area contributed by atoms with E-state index >= 15 is 0 Å². The third-order valence-electron chi connectivity index (χ3n) is 3.83. The number of benzene rings is 2. The molecule has 3 aromatic rings. The van der Waals surface area contributed by atoms with Crippen LogP contribution in [-0.4, -0.2) is 4.98 Å². The minimum Gasteiger partial charge on any atom is -0.488 e. The van der Waals surface area contributed by atoms with Gasteiger partial charge in [-0.05, 0) is 43.5 Å². The van der Waals surface area contributed by atoms with E-state index in [1.54, 1.807) is 11.3 Å². The number of hydrogen-bond acceptors (Lipinski definition) is 4. The van der Waals surface area contributed by atoms with Gasteiger partial charge in [-0.25, -0.2) is 4.98 Å². The lowest BCUT2D eigenvalue weighted by Gasteiger charge is -2.14. The van der Waals surface area contributed by atoms with Gasteiger partial charge in [0.25, 0.3) is 0 Å². The Morgan fingerprint density at radius 1 is 1.17 bits per heavy atom. The summed E-state index contributed by atoms with van der Waals surface area (Å²) in [6.45, 7) is 6.67. The zero-order valence-electron chi connectivity index (χ0n) is 14.2. The van der Waals surface area contributed by atoms with Crippen LogP contribution in [0.3, 0.4) is 0 Å². The molecular weight excluding hydrogens is 316 g/mol. The predicted molar refractivity (Wildman–Crippen MR) is 100 cm³/mol. The van der Waals surface area contributed by atoms with Crippen molar-refractivity contribution in [3.05, 3.63) is 69.5 Å². The summed E-state index contributed by atoms with van der Waals surface area (Å²) in [6, 6.07) is 14.4. The highest BCUT2D eigenvalue weighted by molar-refractivity contribution is 7.10. The number of nitrogens with two attached hydrogens (primary N) is 1. The van der Waals surface area contributed by atoms with Crippen LogP contribution in [0.25, 0.3) is 11.3 Å². The van der Waals surface area contributed by atoms with Gasteiger partial charge in [0.15, 0.2) is 0 Å². The van der Waals surface area contributed by atoms with Gasteiger partial charge in [0.05, 0.1) is 11.7 Å². The average Bonchev–Trinajstić information content (AvgIpc) is 3.04. The first-order chi connectivity index (χ1) is 11.5. The van der Waals surface area contributed by atoms with Crippen LogP contribution in [0.1, 0.15) is 34.7 Å². The normalized spacial score (nSPS) is 12.2. The Labute approximate surface area is 147 Å². The summed E-state index contributed by atoms with van der Waals surface area (Å²) in [6.07, 6.45) is 0. The summed E-state index contributed by atoms with van der Waals surface area (Å²) < 4.78 is 6.17. The first-order valence-electron chi connectivity index (χ1n) is 8.04. The fourth-order valence-electron chi connectivity index (χ4n) is 2.69. The molecule has 0 saturated heterocycles. The number of nitrogens with zero attached hydrogens (tertiary/aromatic N) is 1. The summed E-state index contributed by atoms with van der Waals surface area (Å²) in [4.78, 5) is 4.69. The lowest BCUT2D eigenvalue weighted by Crippen LogP contribution is -2.04. The van der Waals surface area contributed by atoms with Crippen LogP contribution < -0.4 is 10.5 Å². The van der Waals surface area contributed by atoms with E-state index in [2.05, 4.69) is 43.5 Å². The first-order valence-corrected chi connectivity index (χ1v) is 8.92. The minimum absolute atomic E-state index is 0.0525. The van der Waals surface area contributed by atoms with Gasteiger partial charge >= 0.3 is 0 Å². The molecule has 4 heteroatoms. The molecule has 2 N–H and O–H groups in total. The number of aromatic nitrogens is 1. The molecule has 124 valence electrons. The van der Waals surface area contributed by atoms with Crippen LogP contribution in [0.2, 0.25) is 0 Å². The molecule has 3 nitrogen and oxygen atoms in total. The molecule has 2 aromatic carbocycles. The van der Waals surface area contributed by atoms with Crippen LogP contribution in [-0.2, 0) is 6.61 Å². The van der Waals surface area contributed by atoms with Crippen molar-refractivity contribution in [3.63, 3.8) is 0 Å². The van der Waals surface area contributed by atoms with Gasteiger partial charge in [-0.3, -0.25) is 0 Å². The zero-order chi connectivity index (χ0) is 17.1. The highest BCUT2D eigenvalue weighted by Gasteiger charge is 2.15. The van der Waals surface area contributed by atoms with Gasteiger partial charge < -0.3 is 10.5 Å². The maximum atomic E-state index is 6.17. The molecule has 0 aliphatic heterocycles. The molecule has 0 radical (unpaired) electrons. The summed E-state index contributed by atoms with van der Waals surface area (Å²) in [5.41, 5.74) is 11.4. The van der Waals surface area contributed by atoms with Crippen molar-refractivity contribution in [3.8, 4) is 17.0 Å². The molecule has 0 aliphatic carbocycles. The fourth-order valence-corrected chi connectivity index (χ4v) is 3.46. The maximum absolute atomic E-state index is 6.17. The lowest BCUT2D eigenvalue weighted by atomic mass is 10.0. The van der Waals surface area contributed by atoms with E-state index in [1.807, 2.05) is 25.1 Å². The van der Waals surface area contributed by atoms with Crippen molar-refractivity contribution >= 4 is 11.3 Å². The monoisotopic (exact) mass is 338 g/mol. The van der Waals surface area contributed by atoms with E-state index < -0.39 is 0 Å². The average molecular weight is 338 g/mol. The Morgan fingerprint density at radius 2 is 1.92 bits per heavy atom. The van der Waals surface area contributed by atoms with E-state index in [0.717, 1.165) is 33.1 Å². The van der Waals surface area contributed by atoms with Gasteiger partial charge in [-0.15, -0.1) is 11.3 Å². The molecule has 0 bridgehead atoms. The van der Waals surface area contributed by atoms with E-state index in [4.69, 9.17) is 15.5 Å². The summed E-state index contributed by atoms with van der Waals surface area (Å²) in [5.74, 6) is 0.894. The number of rotatable bonds is 5. The van der Waals surface area contributed by atoms with Crippen LogP contribution in [0.5, 0.6) is 5.75 Å². The van der Waals surface area contributed by atoms with Crippen LogP contribution in [0.15, 0.2) is 47.8 Å². The van der Waals surface area contributed by atoms with Crippen molar-refractivity contribution in [1.82, 2.24) is 4.98 Å². The Hall–Kier alpha value is -2.17. The molecule has 1 heterocycles. The highest BCUT2D eigenvalue weighted by atomic mass is 32.1. The fraction of sp³-hybridized carbons (Fsp3) is 0.250. The third-order valence-corrected chi connectivity index (χ3v) is 4.88. The van der Waals surface area contributed by atoms with E-state index in [9.17, 15) is 0 Å². The number of aryl methyl sites for hydroxylation is 2.